The molecule has 2 rings (SSSR count). The number of halogens is 4. The molecule has 0 amide bonds. The predicted octanol–water partition coefficient (Wildman–Crippen LogP) is 3.63. The highest BCUT2D eigenvalue weighted by Gasteiger charge is 2.39. The Morgan fingerprint density at radius 3 is 2.69 bits per heavy atom. The summed E-state index contributed by atoms with van der Waals surface area (Å²) in [6, 6.07) is 2.36. The summed E-state index contributed by atoms with van der Waals surface area (Å²) in [6.07, 6.45) is 0.0464. The zero-order valence-electron chi connectivity index (χ0n) is 6.58. The fraction of sp³-hybridized carbons (Fsp3) is 0.333. The molecule has 4 heteroatoms. The van der Waals surface area contributed by atoms with E-state index in [1.807, 2.05) is 0 Å². The molecule has 1 aromatic rings. The molecule has 0 aromatic heterocycles. The van der Waals surface area contributed by atoms with Crippen molar-refractivity contribution in [3.05, 3.63) is 33.5 Å². The fourth-order valence-corrected chi connectivity index (χ4v) is 1.91. The Bertz CT molecular complexity index is 360. The van der Waals surface area contributed by atoms with E-state index in [9.17, 15) is 13.2 Å². The molecule has 0 saturated heterocycles. The average molecular weight is 251 g/mol. The first kappa shape index (κ1) is 9.06. The molecule has 0 unspecified atom stereocenters. The predicted molar refractivity (Wildman–Crippen MR) is 46.3 cm³/mol. The highest BCUT2D eigenvalue weighted by atomic mass is 79.9. The first-order valence-corrected chi connectivity index (χ1v) is 4.66. The van der Waals surface area contributed by atoms with Crippen LogP contribution in [0.4, 0.5) is 13.2 Å². The number of alkyl halides is 2. The normalized spacial score (nSPS) is 18.8. The second-order valence-corrected chi connectivity index (χ2v) is 3.98. The minimum Gasteiger partial charge on any atom is -0.206 e. The van der Waals surface area contributed by atoms with E-state index >= 15 is 0 Å². The molecule has 13 heavy (non-hydrogen) atoms. The lowest BCUT2D eigenvalue weighted by molar-refractivity contribution is -0.00190. The second kappa shape index (κ2) is 2.74. The van der Waals surface area contributed by atoms with Gasteiger partial charge < -0.3 is 0 Å². The van der Waals surface area contributed by atoms with E-state index in [0.29, 0.717) is 5.56 Å². The van der Waals surface area contributed by atoms with Crippen molar-refractivity contribution in [2.45, 2.75) is 18.8 Å². The molecule has 0 aliphatic heterocycles. The van der Waals surface area contributed by atoms with Crippen LogP contribution in [0.25, 0.3) is 0 Å². The summed E-state index contributed by atoms with van der Waals surface area (Å²) in [4.78, 5) is 0. The molecule has 0 spiro atoms. The van der Waals surface area contributed by atoms with Crippen LogP contribution in [0.2, 0.25) is 0 Å². The highest BCUT2D eigenvalue weighted by molar-refractivity contribution is 9.10. The smallest absolute Gasteiger partial charge is 0.206 e. The van der Waals surface area contributed by atoms with Crippen LogP contribution in [0.1, 0.15) is 17.5 Å². The lowest BCUT2D eigenvalue weighted by Crippen LogP contribution is -2.07. The first-order valence-electron chi connectivity index (χ1n) is 3.87. The van der Waals surface area contributed by atoms with Gasteiger partial charge in [0.25, 0.3) is 5.92 Å². The summed E-state index contributed by atoms with van der Waals surface area (Å²) in [5.74, 6) is -3.26. The lowest BCUT2D eigenvalue weighted by Gasteiger charge is -2.09. The van der Waals surface area contributed by atoms with Crippen LogP contribution < -0.4 is 0 Å². The van der Waals surface area contributed by atoms with Crippen LogP contribution in [0.3, 0.4) is 0 Å². The third-order valence-electron chi connectivity index (χ3n) is 2.25. The van der Waals surface area contributed by atoms with Crippen molar-refractivity contribution in [2.75, 3.05) is 0 Å². The van der Waals surface area contributed by atoms with Gasteiger partial charge in [-0.05, 0) is 40.0 Å². The van der Waals surface area contributed by atoms with Crippen molar-refractivity contribution in [2.24, 2.45) is 0 Å². The van der Waals surface area contributed by atoms with E-state index in [1.54, 1.807) is 0 Å². The molecule has 0 N–H and O–H groups in total. The fourth-order valence-electron chi connectivity index (χ4n) is 1.56. The Labute approximate surface area is 81.9 Å². The Hall–Kier alpha value is -0.510. The number of benzene rings is 1. The highest BCUT2D eigenvalue weighted by Crippen LogP contribution is 2.43. The summed E-state index contributed by atoms with van der Waals surface area (Å²) in [5.41, 5.74) is 0.381. The van der Waals surface area contributed by atoms with E-state index in [1.165, 1.54) is 12.1 Å². The van der Waals surface area contributed by atoms with Gasteiger partial charge in [0.15, 0.2) is 0 Å². The van der Waals surface area contributed by atoms with Gasteiger partial charge in [0.05, 0.1) is 4.47 Å². The summed E-state index contributed by atoms with van der Waals surface area (Å²) >= 11 is 2.89. The molecule has 0 nitrogen and oxygen atoms in total. The van der Waals surface area contributed by atoms with Crippen LogP contribution in [-0.2, 0) is 12.3 Å². The van der Waals surface area contributed by atoms with Crippen LogP contribution in [0.5, 0.6) is 0 Å². The maximum absolute atomic E-state index is 13.1. The summed E-state index contributed by atoms with van der Waals surface area (Å²) in [6.45, 7) is 0. The average Bonchev–Trinajstić information content (AvgIpc) is 2.31. The van der Waals surface area contributed by atoms with E-state index in [0.717, 1.165) is 0 Å². The van der Waals surface area contributed by atoms with E-state index in [-0.39, 0.29) is 22.9 Å². The lowest BCUT2D eigenvalue weighted by atomic mass is 10.1. The minimum atomic E-state index is -2.79. The maximum atomic E-state index is 13.1. The van der Waals surface area contributed by atoms with E-state index < -0.39 is 11.7 Å². The third-order valence-corrected chi connectivity index (χ3v) is 2.86. The molecule has 0 bridgehead atoms. The Morgan fingerprint density at radius 2 is 2.00 bits per heavy atom. The molecule has 0 heterocycles. The van der Waals surface area contributed by atoms with Gasteiger partial charge in [-0.3, -0.25) is 0 Å². The van der Waals surface area contributed by atoms with E-state index in [4.69, 9.17) is 0 Å². The molecule has 1 aliphatic rings. The number of fused-ring (bicyclic) bond motifs is 1. The van der Waals surface area contributed by atoms with Crippen LogP contribution >= 0.6 is 15.9 Å². The standard InChI is InChI=1S/C9H6BrF3/c10-7-4-6-5(3-8(7)11)1-2-9(6,12)13/h3-4H,1-2H2. The quantitative estimate of drug-likeness (QED) is 0.660. The third kappa shape index (κ3) is 1.37. The van der Waals surface area contributed by atoms with Gasteiger partial charge in [0, 0.05) is 12.0 Å². The van der Waals surface area contributed by atoms with Crippen molar-refractivity contribution < 1.29 is 13.2 Å². The maximum Gasteiger partial charge on any atom is 0.273 e. The number of aryl methyl sites for hydroxylation is 1. The molecule has 1 aliphatic carbocycles. The van der Waals surface area contributed by atoms with Gasteiger partial charge in [0.2, 0.25) is 0 Å². The van der Waals surface area contributed by atoms with Crippen molar-refractivity contribution in [3.8, 4) is 0 Å². The molecular weight excluding hydrogens is 245 g/mol. The SMILES string of the molecule is Fc1cc2c(cc1Br)C(F)(F)CC2. The monoisotopic (exact) mass is 250 g/mol. The summed E-state index contributed by atoms with van der Waals surface area (Å²) in [5, 5.41) is 0. The Morgan fingerprint density at radius 1 is 1.31 bits per heavy atom. The van der Waals surface area contributed by atoms with Crippen molar-refractivity contribution >= 4 is 15.9 Å². The molecule has 1 aromatic carbocycles. The van der Waals surface area contributed by atoms with Crippen molar-refractivity contribution in [1.29, 1.82) is 0 Å². The molecule has 0 fully saturated rings. The zero-order valence-corrected chi connectivity index (χ0v) is 8.17. The summed E-state index contributed by atoms with van der Waals surface area (Å²) in [7, 11) is 0. The van der Waals surface area contributed by atoms with Crippen molar-refractivity contribution in [1.82, 2.24) is 0 Å². The minimum absolute atomic E-state index is 0.0409. The van der Waals surface area contributed by atoms with Crippen molar-refractivity contribution in [3.63, 3.8) is 0 Å². The zero-order chi connectivity index (χ0) is 9.64. The number of rotatable bonds is 0. The first-order chi connectivity index (χ1) is 6.00. The van der Waals surface area contributed by atoms with Gasteiger partial charge >= 0.3 is 0 Å². The van der Waals surface area contributed by atoms with Crippen LogP contribution in [0.15, 0.2) is 16.6 Å². The molecular formula is C9H6BrF3. The molecule has 0 saturated carbocycles. The van der Waals surface area contributed by atoms with Gasteiger partial charge in [-0.15, -0.1) is 0 Å². The molecule has 0 radical (unpaired) electrons. The van der Waals surface area contributed by atoms with Gasteiger partial charge in [-0.1, -0.05) is 0 Å². The molecule has 0 atom stereocenters. The Kier molecular flexibility index (Phi) is 1.91. The topological polar surface area (TPSA) is 0 Å². The van der Waals surface area contributed by atoms with E-state index in [2.05, 4.69) is 15.9 Å². The van der Waals surface area contributed by atoms with Crippen LogP contribution in [-0.4, -0.2) is 0 Å². The van der Waals surface area contributed by atoms with Gasteiger partial charge in [-0.2, -0.15) is 0 Å². The number of hydrogen-bond acceptors (Lipinski definition) is 0. The van der Waals surface area contributed by atoms with Gasteiger partial charge in [0.1, 0.15) is 5.82 Å². The molecule has 70 valence electrons. The second-order valence-electron chi connectivity index (χ2n) is 3.13. The Balaban J connectivity index is 2.61. The van der Waals surface area contributed by atoms with Crippen LogP contribution in [0, 0.1) is 5.82 Å². The largest absolute Gasteiger partial charge is 0.273 e. The summed E-state index contributed by atoms with van der Waals surface area (Å²) < 4.78 is 39.2. The number of hydrogen-bond donors (Lipinski definition) is 0. The van der Waals surface area contributed by atoms with Gasteiger partial charge in [-0.25, -0.2) is 13.2 Å².